The molecule has 7 rings (SSSR count). The Labute approximate surface area is 217 Å². The molecule has 11 heteroatoms. The van der Waals surface area contributed by atoms with E-state index in [4.69, 9.17) is 9.47 Å². The van der Waals surface area contributed by atoms with Crippen molar-refractivity contribution in [3.8, 4) is 23.0 Å². The average Bonchev–Trinajstić information content (AvgIpc) is 3.32. The molecule has 3 heterocycles. The van der Waals surface area contributed by atoms with Crippen molar-refractivity contribution < 1.29 is 26.3 Å². The minimum atomic E-state index is -3.85. The van der Waals surface area contributed by atoms with E-state index in [1.54, 1.807) is 66.9 Å². The molecule has 2 aliphatic rings. The summed E-state index contributed by atoms with van der Waals surface area (Å²) in [7, 11) is -7.62. The van der Waals surface area contributed by atoms with E-state index in [1.165, 1.54) is 24.4 Å². The summed E-state index contributed by atoms with van der Waals surface area (Å²) >= 11 is 0. The number of sulfone groups is 2. The number of fused-ring (bicyclic) bond motifs is 6. The van der Waals surface area contributed by atoms with Crippen LogP contribution >= 0.6 is 0 Å². The highest BCUT2D eigenvalue weighted by Gasteiger charge is 2.34. The van der Waals surface area contributed by atoms with Crippen molar-refractivity contribution in [2.24, 2.45) is 5.10 Å². The molecule has 0 radical (unpaired) electrons. The smallest absolute Gasteiger partial charge is 0.214 e. The van der Waals surface area contributed by atoms with Gasteiger partial charge in [-0.2, -0.15) is 5.10 Å². The number of rotatable bonds is 3. The summed E-state index contributed by atoms with van der Waals surface area (Å²) in [5.74, 6) is 1.02. The standard InChI is InChI=1S/C27H17N3O6S2/c31-37(32)23-7-3-1-5-19(23)35-21-11-9-17(13-25(21)37)30-29-15-16-14-28-18-10-12-22-27(26(16)18)38(33,34)24-8-4-2-6-20(24)36-22/h1-15,28,30H. The summed E-state index contributed by atoms with van der Waals surface area (Å²) in [5, 5.41) is 4.69. The molecule has 0 aliphatic carbocycles. The van der Waals surface area contributed by atoms with Gasteiger partial charge in [-0.15, -0.1) is 0 Å². The third-order valence-corrected chi connectivity index (χ3v) is 10.1. The molecule has 38 heavy (non-hydrogen) atoms. The molecule has 0 amide bonds. The molecule has 2 aliphatic heterocycles. The van der Waals surface area contributed by atoms with Gasteiger partial charge in [0.15, 0.2) is 0 Å². The second kappa shape index (κ2) is 7.94. The second-order valence-corrected chi connectivity index (χ2v) is 12.4. The Kier molecular flexibility index (Phi) is 4.72. The van der Waals surface area contributed by atoms with Gasteiger partial charge in [-0.3, -0.25) is 5.43 Å². The van der Waals surface area contributed by atoms with Gasteiger partial charge in [-0.1, -0.05) is 24.3 Å². The Balaban J connectivity index is 1.24. The number of benzene rings is 4. The van der Waals surface area contributed by atoms with Gasteiger partial charge in [0, 0.05) is 22.7 Å². The number of aromatic amines is 1. The van der Waals surface area contributed by atoms with Crippen molar-refractivity contribution in [2.45, 2.75) is 19.6 Å². The number of hydrogen-bond acceptors (Lipinski definition) is 8. The number of aromatic nitrogens is 1. The van der Waals surface area contributed by atoms with E-state index in [1.807, 2.05) is 0 Å². The van der Waals surface area contributed by atoms with Crippen LogP contribution < -0.4 is 14.9 Å². The molecular formula is C27H17N3O6S2. The Morgan fingerprint density at radius 2 is 1.34 bits per heavy atom. The molecule has 1 aromatic heterocycles. The van der Waals surface area contributed by atoms with E-state index in [2.05, 4.69) is 15.5 Å². The third kappa shape index (κ3) is 3.25. The number of hydrazone groups is 1. The van der Waals surface area contributed by atoms with E-state index in [9.17, 15) is 16.8 Å². The summed E-state index contributed by atoms with van der Waals surface area (Å²) in [6, 6.07) is 21.0. The predicted molar refractivity (Wildman–Crippen MR) is 140 cm³/mol. The van der Waals surface area contributed by atoms with Gasteiger partial charge in [-0.05, 0) is 54.6 Å². The number of nitrogens with one attached hydrogen (secondary N) is 2. The molecule has 4 aromatic carbocycles. The van der Waals surface area contributed by atoms with Crippen molar-refractivity contribution >= 4 is 42.5 Å². The number of para-hydroxylation sites is 2. The van der Waals surface area contributed by atoms with E-state index >= 15 is 0 Å². The maximum absolute atomic E-state index is 13.5. The van der Waals surface area contributed by atoms with Crippen LogP contribution in [0.4, 0.5) is 5.69 Å². The molecule has 188 valence electrons. The SMILES string of the molecule is O=S1(=O)c2ccccc2Oc2ccc(NN=Cc3c[nH]c4ccc5c(c34)S(=O)(=O)c3ccccc3O5)cc21. The predicted octanol–water partition coefficient (Wildman–Crippen LogP) is 5.49. The van der Waals surface area contributed by atoms with Crippen LogP contribution in [0, 0.1) is 0 Å². The normalized spacial score (nSPS) is 16.0. The summed E-state index contributed by atoms with van der Waals surface area (Å²) < 4.78 is 64.9. The molecule has 0 spiro atoms. The molecule has 0 saturated carbocycles. The minimum Gasteiger partial charge on any atom is -0.455 e. The monoisotopic (exact) mass is 543 g/mol. The first kappa shape index (κ1) is 22.6. The number of nitrogens with zero attached hydrogens (tertiary/aromatic N) is 1. The Morgan fingerprint density at radius 1 is 0.711 bits per heavy atom. The van der Waals surface area contributed by atoms with Crippen LogP contribution in [0.15, 0.2) is 110 Å². The van der Waals surface area contributed by atoms with Crippen LogP contribution in [0.2, 0.25) is 0 Å². The fourth-order valence-corrected chi connectivity index (χ4v) is 7.92. The first-order valence-electron chi connectivity index (χ1n) is 11.5. The van der Waals surface area contributed by atoms with Crippen molar-refractivity contribution in [3.63, 3.8) is 0 Å². The fourth-order valence-electron chi connectivity index (χ4n) is 4.67. The third-order valence-electron chi connectivity index (χ3n) is 6.41. The topological polar surface area (TPSA) is 127 Å². The maximum atomic E-state index is 13.5. The molecule has 0 unspecified atom stereocenters. The van der Waals surface area contributed by atoms with Crippen molar-refractivity contribution in [1.29, 1.82) is 0 Å². The first-order valence-corrected chi connectivity index (χ1v) is 14.4. The van der Waals surface area contributed by atoms with Crippen LogP contribution in [0.1, 0.15) is 5.56 Å². The molecule has 2 N–H and O–H groups in total. The average molecular weight is 544 g/mol. The van der Waals surface area contributed by atoms with Crippen molar-refractivity contribution in [1.82, 2.24) is 4.98 Å². The number of hydrogen-bond donors (Lipinski definition) is 2. The highest BCUT2D eigenvalue weighted by atomic mass is 32.2. The zero-order valence-electron chi connectivity index (χ0n) is 19.4. The van der Waals surface area contributed by atoms with Crippen molar-refractivity contribution in [2.75, 3.05) is 5.43 Å². The molecule has 0 bridgehead atoms. The number of ether oxygens (including phenoxy) is 2. The van der Waals surface area contributed by atoms with E-state index < -0.39 is 19.7 Å². The van der Waals surface area contributed by atoms with Gasteiger partial charge in [0.05, 0.1) is 11.9 Å². The van der Waals surface area contributed by atoms with Gasteiger partial charge >= 0.3 is 0 Å². The van der Waals surface area contributed by atoms with Gasteiger partial charge in [-0.25, -0.2) is 16.8 Å². The zero-order valence-corrected chi connectivity index (χ0v) is 21.0. The Hall–Kier alpha value is -4.61. The molecule has 0 saturated heterocycles. The van der Waals surface area contributed by atoms with Gasteiger partial charge in [0.25, 0.3) is 0 Å². The fraction of sp³-hybridized carbons (Fsp3) is 0. The van der Waals surface area contributed by atoms with Crippen LogP contribution in [0.3, 0.4) is 0 Å². The lowest BCUT2D eigenvalue weighted by atomic mass is 10.1. The Morgan fingerprint density at radius 3 is 2.11 bits per heavy atom. The van der Waals surface area contributed by atoms with Crippen molar-refractivity contribution in [3.05, 3.63) is 90.6 Å². The molecule has 0 atom stereocenters. The van der Waals surface area contributed by atoms with Crippen LogP contribution in [-0.2, 0) is 19.7 Å². The van der Waals surface area contributed by atoms with Crippen LogP contribution in [-0.4, -0.2) is 28.0 Å². The Bertz CT molecular complexity index is 2050. The number of anilines is 1. The maximum Gasteiger partial charge on any atom is 0.214 e. The zero-order chi connectivity index (χ0) is 26.1. The van der Waals surface area contributed by atoms with Gasteiger partial charge in [0.2, 0.25) is 19.7 Å². The van der Waals surface area contributed by atoms with Gasteiger partial charge < -0.3 is 14.5 Å². The second-order valence-electron chi connectivity index (χ2n) is 8.70. The lowest BCUT2D eigenvalue weighted by molar-refractivity contribution is 0.443. The quantitative estimate of drug-likeness (QED) is 0.223. The summed E-state index contributed by atoms with van der Waals surface area (Å²) in [6.45, 7) is 0. The summed E-state index contributed by atoms with van der Waals surface area (Å²) in [5.41, 5.74) is 4.36. The number of H-pyrrole nitrogens is 1. The lowest BCUT2D eigenvalue weighted by Crippen LogP contribution is -2.11. The van der Waals surface area contributed by atoms with E-state index in [0.717, 1.165) is 0 Å². The summed E-state index contributed by atoms with van der Waals surface area (Å²) in [4.78, 5) is 3.36. The first-order chi connectivity index (χ1) is 18.3. The molecular weight excluding hydrogens is 526 g/mol. The lowest BCUT2D eigenvalue weighted by Gasteiger charge is -2.21. The van der Waals surface area contributed by atoms with E-state index in [-0.39, 0.29) is 42.6 Å². The van der Waals surface area contributed by atoms with Crippen LogP contribution in [0.25, 0.3) is 10.9 Å². The highest BCUT2D eigenvalue weighted by Crippen LogP contribution is 2.46. The molecule has 5 aromatic rings. The highest BCUT2D eigenvalue weighted by molar-refractivity contribution is 7.92. The summed E-state index contributed by atoms with van der Waals surface area (Å²) in [6.07, 6.45) is 3.11. The largest absolute Gasteiger partial charge is 0.455 e. The minimum absolute atomic E-state index is 0.0273. The van der Waals surface area contributed by atoms with Gasteiger partial charge in [0.1, 0.15) is 42.6 Å². The molecule has 9 nitrogen and oxygen atoms in total. The van der Waals surface area contributed by atoms with E-state index in [0.29, 0.717) is 22.2 Å². The van der Waals surface area contributed by atoms with Crippen LogP contribution in [0.5, 0.6) is 23.0 Å². The molecule has 0 fully saturated rings.